The molecule has 0 bridgehead atoms. The van der Waals surface area contributed by atoms with Crippen LogP contribution < -0.4 is 11.1 Å². The summed E-state index contributed by atoms with van der Waals surface area (Å²) >= 11 is 1.74. The van der Waals surface area contributed by atoms with Gasteiger partial charge in [0.1, 0.15) is 5.82 Å². The minimum atomic E-state index is 0.173. The summed E-state index contributed by atoms with van der Waals surface area (Å²) in [5.74, 6) is 1.07. The van der Waals surface area contributed by atoms with Crippen molar-refractivity contribution in [2.45, 2.75) is 38.6 Å². The molecule has 2 rings (SSSR count). The summed E-state index contributed by atoms with van der Waals surface area (Å²) in [6.07, 6.45) is 3.76. The fourth-order valence-corrected chi connectivity index (χ4v) is 3.18. The van der Waals surface area contributed by atoms with Crippen molar-refractivity contribution in [1.82, 2.24) is 10.2 Å². The second kappa shape index (κ2) is 6.90. The third-order valence-corrected chi connectivity index (χ3v) is 4.51. The Kier molecular flexibility index (Phi) is 5.20. The maximum Gasteiger partial charge on any atom is 0.229 e. The van der Waals surface area contributed by atoms with E-state index in [1.165, 1.54) is 5.56 Å². The number of carbonyl (C=O) groups excluding carboxylic acids is 1. The maximum atomic E-state index is 12.0. The molecule has 0 aliphatic carbocycles. The van der Waals surface area contributed by atoms with Gasteiger partial charge in [0, 0.05) is 26.1 Å². The first-order valence-electron chi connectivity index (χ1n) is 7.05. The summed E-state index contributed by atoms with van der Waals surface area (Å²) in [5.41, 5.74) is 8.11. The van der Waals surface area contributed by atoms with Gasteiger partial charge in [0.2, 0.25) is 5.91 Å². The van der Waals surface area contributed by atoms with Gasteiger partial charge < -0.3 is 16.0 Å². The number of aryl methyl sites for hydroxylation is 1. The lowest BCUT2D eigenvalue weighted by Crippen LogP contribution is -2.48. The van der Waals surface area contributed by atoms with E-state index in [0.717, 1.165) is 30.7 Å². The van der Waals surface area contributed by atoms with Crippen LogP contribution >= 0.6 is 11.3 Å². The third kappa shape index (κ3) is 3.61. The number of nitrogens with one attached hydrogen (secondary N) is 1. The molecule has 1 aliphatic heterocycles. The molecule has 0 saturated carbocycles. The highest BCUT2D eigenvalue weighted by atomic mass is 32.1. The summed E-state index contributed by atoms with van der Waals surface area (Å²) in [6, 6.07) is 2.40. The van der Waals surface area contributed by atoms with E-state index in [2.05, 4.69) is 22.1 Å². The molecule has 1 aromatic rings. The van der Waals surface area contributed by atoms with E-state index < -0.39 is 0 Å². The van der Waals surface area contributed by atoms with Crippen LogP contribution in [0.1, 0.15) is 31.7 Å². The van der Waals surface area contributed by atoms with Crippen molar-refractivity contribution in [1.29, 1.82) is 0 Å². The SMILES string of the molecule is CC(CN)=C1NC(CCCc2ccsc2)CC(=O)N1C. The monoisotopic (exact) mass is 293 g/mol. The first-order valence-corrected chi connectivity index (χ1v) is 8.00. The molecule has 5 heteroatoms. The van der Waals surface area contributed by atoms with Crippen LogP contribution in [0.2, 0.25) is 0 Å². The van der Waals surface area contributed by atoms with Crippen LogP contribution in [0.15, 0.2) is 28.2 Å². The van der Waals surface area contributed by atoms with Crippen molar-refractivity contribution >= 4 is 17.2 Å². The molecule has 1 saturated heterocycles. The standard InChI is InChI=1S/C15H23N3OS/c1-11(9-16)15-17-13(8-14(19)18(15)2)5-3-4-12-6-7-20-10-12/h6-7,10,13,17H,3-5,8-9,16H2,1-2H3. The molecule has 1 fully saturated rings. The molecule has 3 N–H and O–H groups in total. The highest BCUT2D eigenvalue weighted by molar-refractivity contribution is 7.07. The first-order chi connectivity index (χ1) is 9.61. The Balaban J connectivity index is 1.91. The fourth-order valence-electron chi connectivity index (χ4n) is 2.48. The lowest BCUT2D eigenvalue weighted by Gasteiger charge is -2.34. The van der Waals surface area contributed by atoms with E-state index in [-0.39, 0.29) is 11.9 Å². The van der Waals surface area contributed by atoms with Crippen LogP contribution in [0.3, 0.4) is 0 Å². The third-order valence-electron chi connectivity index (χ3n) is 3.78. The fraction of sp³-hybridized carbons (Fsp3) is 0.533. The van der Waals surface area contributed by atoms with Gasteiger partial charge in [-0.3, -0.25) is 4.79 Å². The van der Waals surface area contributed by atoms with Gasteiger partial charge in [0.25, 0.3) is 0 Å². The molecule has 4 nitrogen and oxygen atoms in total. The zero-order chi connectivity index (χ0) is 14.5. The van der Waals surface area contributed by atoms with E-state index >= 15 is 0 Å². The topological polar surface area (TPSA) is 58.4 Å². The Morgan fingerprint density at radius 2 is 2.40 bits per heavy atom. The zero-order valence-corrected chi connectivity index (χ0v) is 13.0. The second-order valence-corrected chi connectivity index (χ2v) is 6.14. The molecule has 1 unspecified atom stereocenters. The van der Waals surface area contributed by atoms with Gasteiger partial charge in [-0.05, 0) is 54.1 Å². The number of rotatable bonds is 5. The van der Waals surface area contributed by atoms with Crippen LogP contribution in [0, 0.1) is 0 Å². The molecule has 1 amide bonds. The summed E-state index contributed by atoms with van der Waals surface area (Å²) < 4.78 is 0. The largest absolute Gasteiger partial charge is 0.368 e. The van der Waals surface area contributed by atoms with Crippen molar-refractivity contribution in [3.63, 3.8) is 0 Å². The summed E-state index contributed by atoms with van der Waals surface area (Å²) in [4.78, 5) is 13.7. The normalized spacial score (nSPS) is 21.9. The Morgan fingerprint density at radius 1 is 1.60 bits per heavy atom. The lowest BCUT2D eigenvalue weighted by molar-refractivity contribution is -0.130. The predicted octanol–water partition coefficient (Wildman–Crippen LogP) is 2.08. The summed E-state index contributed by atoms with van der Waals surface area (Å²) in [6.45, 7) is 2.45. The molecule has 1 aliphatic rings. The number of hydrogen-bond donors (Lipinski definition) is 2. The number of thiophene rings is 1. The smallest absolute Gasteiger partial charge is 0.229 e. The zero-order valence-electron chi connectivity index (χ0n) is 12.2. The quantitative estimate of drug-likeness (QED) is 0.874. The number of nitrogens with zero attached hydrogens (tertiary/aromatic N) is 1. The molecular weight excluding hydrogens is 270 g/mol. The van der Waals surface area contributed by atoms with Crippen LogP contribution in [0.5, 0.6) is 0 Å². The molecule has 1 atom stereocenters. The summed E-state index contributed by atoms with van der Waals surface area (Å²) in [7, 11) is 1.81. The summed E-state index contributed by atoms with van der Waals surface area (Å²) in [5, 5.41) is 7.77. The van der Waals surface area contributed by atoms with Gasteiger partial charge in [-0.2, -0.15) is 11.3 Å². The maximum absolute atomic E-state index is 12.0. The van der Waals surface area contributed by atoms with Gasteiger partial charge in [0.05, 0.1) is 0 Å². The average molecular weight is 293 g/mol. The minimum absolute atomic E-state index is 0.173. The first kappa shape index (κ1) is 15.1. The highest BCUT2D eigenvalue weighted by Crippen LogP contribution is 2.19. The molecular formula is C15H23N3OS. The van der Waals surface area contributed by atoms with Crippen LogP contribution in [-0.4, -0.2) is 30.4 Å². The van der Waals surface area contributed by atoms with Crippen molar-refractivity contribution in [2.24, 2.45) is 5.73 Å². The van der Waals surface area contributed by atoms with E-state index in [1.807, 2.05) is 14.0 Å². The molecule has 0 radical (unpaired) electrons. The Labute approximate surface area is 124 Å². The van der Waals surface area contributed by atoms with E-state index in [1.54, 1.807) is 16.2 Å². The molecule has 0 aromatic carbocycles. The number of hydrogen-bond acceptors (Lipinski definition) is 4. The predicted molar refractivity (Wildman–Crippen MR) is 83.3 cm³/mol. The Bertz CT molecular complexity index is 481. The minimum Gasteiger partial charge on any atom is -0.368 e. The van der Waals surface area contributed by atoms with Crippen molar-refractivity contribution < 1.29 is 4.79 Å². The van der Waals surface area contributed by atoms with Crippen molar-refractivity contribution in [3.05, 3.63) is 33.8 Å². The van der Waals surface area contributed by atoms with Gasteiger partial charge in [0.15, 0.2) is 0 Å². The molecule has 20 heavy (non-hydrogen) atoms. The molecule has 110 valence electrons. The Hall–Kier alpha value is -1.33. The van der Waals surface area contributed by atoms with E-state index in [9.17, 15) is 4.79 Å². The van der Waals surface area contributed by atoms with Gasteiger partial charge in [-0.15, -0.1) is 0 Å². The Morgan fingerprint density at radius 3 is 3.05 bits per heavy atom. The number of nitrogens with two attached hydrogens (primary N) is 1. The molecule has 1 aromatic heterocycles. The van der Waals surface area contributed by atoms with Gasteiger partial charge in [-0.25, -0.2) is 0 Å². The molecule has 2 heterocycles. The molecule has 0 spiro atoms. The number of amides is 1. The highest BCUT2D eigenvalue weighted by Gasteiger charge is 2.27. The van der Waals surface area contributed by atoms with Crippen LogP contribution in [0.25, 0.3) is 0 Å². The van der Waals surface area contributed by atoms with Gasteiger partial charge in [-0.1, -0.05) is 0 Å². The average Bonchev–Trinajstić information content (AvgIpc) is 2.95. The van der Waals surface area contributed by atoms with E-state index in [0.29, 0.717) is 13.0 Å². The van der Waals surface area contributed by atoms with Crippen LogP contribution in [-0.2, 0) is 11.2 Å². The van der Waals surface area contributed by atoms with Crippen molar-refractivity contribution in [3.8, 4) is 0 Å². The van der Waals surface area contributed by atoms with Gasteiger partial charge >= 0.3 is 0 Å². The van der Waals surface area contributed by atoms with E-state index in [4.69, 9.17) is 5.73 Å². The van der Waals surface area contributed by atoms with Crippen LogP contribution in [0.4, 0.5) is 0 Å². The number of carbonyl (C=O) groups is 1. The van der Waals surface area contributed by atoms with Crippen molar-refractivity contribution in [2.75, 3.05) is 13.6 Å². The lowest BCUT2D eigenvalue weighted by atomic mass is 10.0. The second-order valence-electron chi connectivity index (χ2n) is 5.36.